The summed E-state index contributed by atoms with van der Waals surface area (Å²) in [6.45, 7) is 0. The molecule has 2 heterocycles. The molecule has 1 aliphatic rings. The molecule has 126 valence electrons. The van der Waals surface area contributed by atoms with Gasteiger partial charge in [0.25, 0.3) is 5.91 Å². The lowest BCUT2D eigenvalue weighted by atomic mass is 9.75. The summed E-state index contributed by atoms with van der Waals surface area (Å²) >= 11 is 0. The van der Waals surface area contributed by atoms with E-state index in [2.05, 4.69) is 15.3 Å². The van der Waals surface area contributed by atoms with E-state index in [1.165, 1.54) is 19.4 Å². The maximum absolute atomic E-state index is 12.5. The van der Waals surface area contributed by atoms with Gasteiger partial charge in [0.05, 0.1) is 19.3 Å². The molecule has 3 N–H and O–H groups in total. The number of hydrogen-bond acceptors (Lipinski definition) is 6. The van der Waals surface area contributed by atoms with Crippen molar-refractivity contribution in [1.29, 1.82) is 0 Å². The van der Waals surface area contributed by atoms with Crippen LogP contribution in [0.5, 0.6) is 11.6 Å². The van der Waals surface area contributed by atoms with Gasteiger partial charge in [-0.25, -0.2) is 9.97 Å². The number of amides is 1. The first kappa shape index (κ1) is 16.2. The largest absolute Gasteiger partial charge is 0.505 e. The lowest BCUT2D eigenvalue weighted by Crippen LogP contribution is -2.41. The van der Waals surface area contributed by atoms with Gasteiger partial charge >= 0.3 is 0 Å². The van der Waals surface area contributed by atoms with Crippen molar-refractivity contribution in [2.75, 3.05) is 7.11 Å². The number of pyridine rings is 2. The zero-order valence-electron chi connectivity index (χ0n) is 13.2. The van der Waals surface area contributed by atoms with Gasteiger partial charge in [0.1, 0.15) is 5.75 Å². The average molecular weight is 329 g/mol. The molecule has 0 bridgehead atoms. The number of carbonyl (C=O) groups excluding carboxylic acids is 1. The molecule has 1 fully saturated rings. The van der Waals surface area contributed by atoms with Crippen molar-refractivity contribution in [3.63, 3.8) is 0 Å². The zero-order valence-corrected chi connectivity index (χ0v) is 13.2. The van der Waals surface area contributed by atoms with Gasteiger partial charge in [-0.2, -0.15) is 0 Å². The molecule has 1 atom stereocenters. The van der Waals surface area contributed by atoms with E-state index in [1.54, 1.807) is 18.3 Å². The van der Waals surface area contributed by atoms with Crippen LogP contribution in [-0.4, -0.2) is 39.3 Å². The van der Waals surface area contributed by atoms with Crippen molar-refractivity contribution in [2.45, 2.75) is 25.0 Å². The lowest BCUT2D eigenvalue weighted by molar-refractivity contribution is 0.0233. The number of aromatic nitrogens is 2. The van der Waals surface area contributed by atoms with Crippen LogP contribution >= 0.6 is 0 Å². The number of aromatic hydroxyl groups is 1. The molecule has 1 aliphatic carbocycles. The molecule has 0 spiro atoms. The first-order valence-corrected chi connectivity index (χ1v) is 7.71. The molecule has 3 rings (SSSR count). The maximum Gasteiger partial charge on any atom is 0.274 e. The summed E-state index contributed by atoms with van der Waals surface area (Å²) in [6, 6.07) is 6.21. The number of ether oxygens (including phenoxy) is 1. The number of nitrogens with zero attached hydrogens (tertiary/aromatic N) is 2. The van der Waals surface area contributed by atoms with Crippen LogP contribution in [0.1, 0.15) is 34.9 Å². The number of rotatable bonds is 5. The molecule has 1 saturated carbocycles. The van der Waals surface area contributed by atoms with Crippen LogP contribution in [0.15, 0.2) is 36.7 Å². The van der Waals surface area contributed by atoms with Gasteiger partial charge < -0.3 is 20.3 Å². The molecule has 0 radical (unpaired) electrons. The van der Waals surface area contributed by atoms with Crippen LogP contribution in [0, 0.1) is 5.92 Å². The van der Waals surface area contributed by atoms with Gasteiger partial charge in [-0.15, -0.1) is 0 Å². The number of methoxy groups -OCH3 is 1. The standard InChI is InChI=1S/C17H19N3O4/c1-24-14-5-4-10(9-19-14)15(11-7-12(21)8-11)20-17(23)16-13(22)3-2-6-18-16/h2-6,9,11-12,15,21-22H,7-8H2,1H3,(H,20,23)/t11?,12?,15-/m1/s1. The Bertz CT molecular complexity index is 714. The Morgan fingerprint density at radius 2 is 2.12 bits per heavy atom. The third-order valence-corrected chi connectivity index (χ3v) is 4.24. The molecule has 0 unspecified atom stereocenters. The van der Waals surface area contributed by atoms with Crippen molar-refractivity contribution >= 4 is 5.91 Å². The normalized spacial score (nSPS) is 20.8. The minimum absolute atomic E-state index is 0.0242. The molecule has 24 heavy (non-hydrogen) atoms. The summed E-state index contributed by atoms with van der Waals surface area (Å²) in [7, 11) is 1.54. The Kier molecular flexibility index (Phi) is 4.61. The van der Waals surface area contributed by atoms with Gasteiger partial charge in [0, 0.05) is 18.5 Å². The Morgan fingerprint density at radius 3 is 2.71 bits per heavy atom. The quantitative estimate of drug-likeness (QED) is 0.766. The predicted molar refractivity (Wildman–Crippen MR) is 85.6 cm³/mol. The number of nitrogens with one attached hydrogen (secondary N) is 1. The van der Waals surface area contributed by atoms with Gasteiger partial charge in [-0.1, -0.05) is 6.07 Å². The highest BCUT2D eigenvalue weighted by atomic mass is 16.5. The fraction of sp³-hybridized carbons (Fsp3) is 0.353. The lowest BCUT2D eigenvalue weighted by Gasteiger charge is -2.38. The third kappa shape index (κ3) is 3.30. The first-order valence-electron chi connectivity index (χ1n) is 7.71. The Labute approximate surface area is 139 Å². The highest BCUT2D eigenvalue weighted by molar-refractivity contribution is 5.95. The molecule has 2 aromatic rings. The summed E-state index contributed by atoms with van der Waals surface area (Å²) in [5.41, 5.74) is 0.792. The minimum atomic E-state index is -0.463. The monoisotopic (exact) mass is 329 g/mol. The molecule has 0 saturated heterocycles. The second-order valence-electron chi connectivity index (χ2n) is 5.84. The van der Waals surface area contributed by atoms with Crippen LogP contribution in [-0.2, 0) is 0 Å². The molecule has 0 aliphatic heterocycles. The van der Waals surface area contributed by atoms with Crippen LogP contribution in [0.4, 0.5) is 0 Å². The maximum atomic E-state index is 12.5. The second-order valence-corrected chi connectivity index (χ2v) is 5.84. The van der Waals surface area contributed by atoms with E-state index in [9.17, 15) is 15.0 Å². The fourth-order valence-electron chi connectivity index (χ4n) is 2.85. The summed E-state index contributed by atoms with van der Waals surface area (Å²) < 4.78 is 5.05. The molecule has 1 amide bonds. The molecule has 7 nitrogen and oxygen atoms in total. The van der Waals surface area contributed by atoms with Crippen LogP contribution in [0.3, 0.4) is 0 Å². The van der Waals surface area contributed by atoms with E-state index in [4.69, 9.17) is 4.74 Å². The number of carbonyl (C=O) groups is 1. The predicted octanol–water partition coefficient (Wildman–Crippen LogP) is 1.43. The summed E-state index contributed by atoms with van der Waals surface area (Å²) in [5.74, 6) is -0.0459. The molecular weight excluding hydrogens is 310 g/mol. The minimum Gasteiger partial charge on any atom is -0.505 e. The molecule has 2 aromatic heterocycles. The van der Waals surface area contributed by atoms with Crippen molar-refractivity contribution in [2.24, 2.45) is 5.92 Å². The molecule has 0 aromatic carbocycles. The molecular formula is C17H19N3O4. The summed E-state index contributed by atoms with van der Waals surface area (Å²) in [5, 5.41) is 22.3. The zero-order chi connectivity index (χ0) is 17.1. The van der Waals surface area contributed by atoms with E-state index < -0.39 is 5.91 Å². The van der Waals surface area contributed by atoms with Crippen LogP contribution in [0.2, 0.25) is 0 Å². The van der Waals surface area contributed by atoms with E-state index in [1.807, 2.05) is 6.07 Å². The highest BCUT2D eigenvalue weighted by Crippen LogP contribution is 2.38. The second kappa shape index (κ2) is 6.84. The van der Waals surface area contributed by atoms with E-state index in [0.29, 0.717) is 18.7 Å². The SMILES string of the molecule is COc1ccc([C@@H](NC(=O)c2ncccc2O)C2CC(O)C2)cn1. The average Bonchev–Trinajstić information content (AvgIpc) is 2.57. The van der Waals surface area contributed by atoms with Crippen molar-refractivity contribution in [3.8, 4) is 11.6 Å². The Hall–Kier alpha value is -2.67. The third-order valence-electron chi connectivity index (χ3n) is 4.24. The topological polar surface area (TPSA) is 105 Å². The summed E-state index contributed by atoms with van der Waals surface area (Å²) in [6.07, 6.45) is 3.96. The van der Waals surface area contributed by atoms with E-state index in [-0.39, 0.29) is 29.5 Å². The fourth-order valence-corrected chi connectivity index (χ4v) is 2.85. The van der Waals surface area contributed by atoms with Gasteiger partial charge in [0.15, 0.2) is 5.69 Å². The highest BCUT2D eigenvalue weighted by Gasteiger charge is 2.36. The van der Waals surface area contributed by atoms with E-state index in [0.717, 1.165) is 5.56 Å². The Balaban J connectivity index is 1.82. The van der Waals surface area contributed by atoms with E-state index >= 15 is 0 Å². The number of aliphatic hydroxyl groups is 1. The van der Waals surface area contributed by atoms with Gasteiger partial charge in [0.2, 0.25) is 5.88 Å². The van der Waals surface area contributed by atoms with Crippen LogP contribution in [0.25, 0.3) is 0 Å². The van der Waals surface area contributed by atoms with Crippen molar-refractivity contribution in [3.05, 3.63) is 47.9 Å². The first-order chi connectivity index (χ1) is 11.6. The van der Waals surface area contributed by atoms with Crippen molar-refractivity contribution < 1.29 is 19.7 Å². The smallest absolute Gasteiger partial charge is 0.274 e. The molecule has 7 heteroatoms. The van der Waals surface area contributed by atoms with Crippen LogP contribution < -0.4 is 10.1 Å². The Morgan fingerprint density at radius 1 is 1.33 bits per heavy atom. The van der Waals surface area contributed by atoms with Crippen molar-refractivity contribution in [1.82, 2.24) is 15.3 Å². The van der Waals surface area contributed by atoms with Gasteiger partial charge in [-0.3, -0.25) is 4.79 Å². The number of aliphatic hydroxyl groups excluding tert-OH is 1. The summed E-state index contributed by atoms with van der Waals surface area (Å²) in [4.78, 5) is 20.6. The number of hydrogen-bond donors (Lipinski definition) is 3. The van der Waals surface area contributed by atoms with Gasteiger partial charge in [-0.05, 0) is 36.5 Å².